The molecule has 2 heterocycles. The van der Waals surface area contributed by atoms with Gasteiger partial charge in [0.15, 0.2) is 5.78 Å². The van der Waals surface area contributed by atoms with Gasteiger partial charge in [-0.2, -0.15) is 0 Å². The lowest BCUT2D eigenvalue weighted by Gasteiger charge is -2.29. The Morgan fingerprint density at radius 3 is 2.15 bits per heavy atom. The number of aromatic amines is 1. The lowest BCUT2D eigenvalue weighted by molar-refractivity contribution is -0.125. The number of hydrogen-bond acceptors (Lipinski definition) is 6. The second-order valence-electron chi connectivity index (χ2n) is 12.3. The molecule has 9 nitrogen and oxygen atoms in total. The van der Waals surface area contributed by atoms with E-state index in [-0.39, 0.29) is 24.2 Å². The van der Waals surface area contributed by atoms with Crippen molar-refractivity contribution in [2.45, 2.75) is 63.9 Å². The molecule has 4 aromatic rings. The summed E-state index contributed by atoms with van der Waals surface area (Å²) in [5.74, 6) is -0.695. The number of epoxide rings is 1. The number of hydrogen-bond donors (Lipinski definition) is 4. The average Bonchev–Trinajstić information content (AvgIpc) is 3.69. The summed E-state index contributed by atoms with van der Waals surface area (Å²) >= 11 is 0. The Kier molecular flexibility index (Phi) is 10.2. The van der Waals surface area contributed by atoms with E-state index in [4.69, 9.17) is 9.47 Å². The van der Waals surface area contributed by atoms with E-state index in [1.165, 1.54) is 0 Å². The molecule has 1 saturated heterocycles. The molecular weight excluding hydrogens is 580 g/mol. The highest BCUT2D eigenvalue weighted by molar-refractivity contribution is 5.94. The van der Waals surface area contributed by atoms with Crippen molar-refractivity contribution in [3.05, 3.63) is 120 Å². The van der Waals surface area contributed by atoms with Gasteiger partial charge in [0.1, 0.15) is 18.2 Å². The normalized spacial score (nSPS) is 17.5. The second kappa shape index (κ2) is 14.5. The van der Waals surface area contributed by atoms with Crippen molar-refractivity contribution in [3.8, 4) is 0 Å². The van der Waals surface area contributed by atoms with Gasteiger partial charge in [-0.15, -0.1) is 0 Å². The first-order chi connectivity index (χ1) is 22.1. The van der Waals surface area contributed by atoms with E-state index in [1.54, 1.807) is 6.92 Å². The summed E-state index contributed by atoms with van der Waals surface area (Å²) in [5, 5.41) is 10.2. The first-order valence-electron chi connectivity index (χ1n) is 15.6. The number of benzene rings is 3. The Morgan fingerprint density at radius 1 is 0.870 bits per heavy atom. The minimum atomic E-state index is -0.873. The quantitative estimate of drug-likeness (QED) is 0.135. The summed E-state index contributed by atoms with van der Waals surface area (Å²) in [6.07, 6.45) is 2.05. The standard InChI is InChI=1S/C37H42N4O5/c1-24(2)33(41-36(44)45-22-27-15-9-6-10-16-27)35(43)40-31(20-28-21-38-30-18-12-11-17-29(28)30)25(3)39-32(34(42)37(4)23-46-37)19-26-13-7-5-8-14-26/h5-18,21,24,31-33,38-39H,3,19-20,22-23H2,1-2,4H3,(H,40,43)(H,41,44)/t31-,32-,33?,37+/m0/s1. The fraction of sp³-hybridized carbons (Fsp3) is 0.324. The van der Waals surface area contributed by atoms with Gasteiger partial charge in [-0.25, -0.2) is 4.79 Å². The largest absolute Gasteiger partial charge is 0.445 e. The van der Waals surface area contributed by atoms with Crippen molar-refractivity contribution in [2.75, 3.05) is 6.61 Å². The van der Waals surface area contributed by atoms with Crippen LogP contribution in [0.2, 0.25) is 0 Å². The molecule has 1 aliphatic rings. The number of para-hydroxylation sites is 1. The smallest absolute Gasteiger partial charge is 0.408 e. The van der Waals surface area contributed by atoms with Gasteiger partial charge in [-0.3, -0.25) is 9.59 Å². The molecule has 0 saturated carbocycles. The molecule has 0 bridgehead atoms. The number of amides is 2. The number of nitrogens with one attached hydrogen (secondary N) is 4. The number of Topliss-reactive ketones (excluding diaryl/α,β-unsaturated/α-hetero) is 1. The Hall–Kier alpha value is -4.89. The maximum Gasteiger partial charge on any atom is 0.408 e. The fourth-order valence-corrected chi connectivity index (χ4v) is 5.47. The van der Waals surface area contributed by atoms with Crippen LogP contribution in [0.3, 0.4) is 0 Å². The van der Waals surface area contributed by atoms with Crippen LogP contribution in [0, 0.1) is 5.92 Å². The summed E-state index contributed by atoms with van der Waals surface area (Å²) in [5.41, 5.74) is 3.40. The lowest BCUT2D eigenvalue weighted by atomic mass is 9.93. The Morgan fingerprint density at radius 2 is 1.50 bits per heavy atom. The molecule has 4 N–H and O–H groups in total. The number of carbonyl (C=O) groups is 3. The zero-order valence-corrected chi connectivity index (χ0v) is 26.5. The van der Waals surface area contributed by atoms with Gasteiger partial charge in [-0.1, -0.05) is 99.3 Å². The molecule has 1 fully saturated rings. The number of ketones is 1. The number of rotatable bonds is 15. The number of ether oxygens (including phenoxy) is 2. The van der Waals surface area contributed by atoms with Crippen LogP contribution in [0.4, 0.5) is 4.79 Å². The van der Waals surface area contributed by atoms with E-state index < -0.39 is 29.8 Å². The van der Waals surface area contributed by atoms with Crippen LogP contribution in [0.25, 0.3) is 10.9 Å². The number of carbonyl (C=O) groups excluding carboxylic acids is 3. The number of fused-ring (bicyclic) bond motifs is 1. The summed E-state index contributed by atoms with van der Waals surface area (Å²) in [4.78, 5) is 43.5. The van der Waals surface area contributed by atoms with Crippen molar-refractivity contribution >= 4 is 28.7 Å². The molecule has 9 heteroatoms. The van der Waals surface area contributed by atoms with E-state index in [1.807, 2.05) is 105 Å². The number of aromatic nitrogens is 1. The number of H-pyrrole nitrogens is 1. The Balaban J connectivity index is 1.35. The molecule has 0 radical (unpaired) electrons. The predicted octanol–water partition coefficient (Wildman–Crippen LogP) is 5.22. The summed E-state index contributed by atoms with van der Waals surface area (Å²) in [7, 11) is 0. The summed E-state index contributed by atoms with van der Waals surface area (Å²) in [6, 6.07) is 24.9. The summed E-state index contributed by atoms with van der Waals surface area (Å²) < 4.78 is 10.9. The van der Waals surface area contributed by atoms with Gasteiger partial charge in [0.2, 0.25) is 5.91 Å². The Labute approximate surface area is 269 Å². The highest BCUT2D eigenvalue weighted by atomic mass is 16.6. The fourth-order valence-electron chi connectivity index (χ4n) is 5.47. The topological polar surface area (TPSA) is 125 Å². The van der Waals surface area contributed by atoms with E-state index in [9.17, 15) is 14.4 Å². The monoisotopic (exact) mass is 622 g/mol. The molecule has 4 atom stereocenters. The van der Waals surface area contributed by atoms with Crippen molar-refractivity contribution in [3.63, 3.8) is 0 Å². The van der Waals surface area contributed by atoms with E-state index in [0.29, 0.717) is 25.1 Å². The molecular formula is C37H42N4O5. The summed E-state index contributed by atoms with van der Waals surface area (Å²) in [6.45, 7) is 10.3. The molecule has 0 aliphatic carbocycles. The van der Waals surface area contributed by atoms with Crippen LogP contribution >= 0.6 is 0 Å². The molecule has 1 aliphatic heterocycles. The molecule has 240 valence electrons. The van der Waals surface area contributed by atoms with E-state index >= 15 is 0 Å². The average molecular weight is 623 g/mol. The van der Waals surface area contributed by atoms with Gasteiger partial charge in [-0.05, 0) is 42.0 Å². The predicted molar refractivity (Wildman–Crippen MR) is 178 cm³/mol. The molecule has 3 aromatic carbocycles. The second-order valence-corrected chi connectivity index (χ2v) is 12.3. The van der Waals surface area contributed by atoms with Crippen molar-refractivity contribution in [1.29, 1.82) is 0 Å². The van der Waals surface area contributed by atoms with Crippen molar-refractivity contribution in [1.82, 2.24) is 20.9 Å². The van der Waals surface area contributed by atoms with Gasteiger partial charge in [0, 0.05) is 29.2 Å². The van der Waals surface area contributed by atoms with Crippen LogP contribution in [0.1, 0.15) is 37.5 Å². The molecule has 1 unspecified atom stereocenters. The highest BCUT2D eigenvalue weighted by Gasteiger charge is 2.50. The molecule has 0 spiro atoms. The molecule has 5 rings (SSSR count). The zero-order chi connectivity index (χ0) is 32.7. The lowest BCUT2D eigenvalue weighted by Crippen LogP contribution is -2.55. The van der Waals surface area contributed by atoms with Crippen LogP contribution in [-0.2, 0) is 38.5 Å². The first-order valence-corrected chi connectivity index (χ1v) is 15.6. The third-order valence-electron chi connectivity index (χ3n) is 8.33. The third-order valence-corrected chi connectivity index (χ3v) is 8.33. The van der Waals surface area contributed by atoms with Gasteiger partial charge >= 0.3 is 6.09 Å². The number of alkyl carbamates (subject to hydrolysis) is 1. The van der Waals surface area contributed by atoms with Crippen molar-refractivity contribution in [2.24, 2.45) is 5.92 Å². The van der Waals surface area contributed by atoms with Crippen molar-refractivity contribution < 1.29 is 23.9 Å². The Bertz CT molecular complexity index is 1660. The molecule has 2 amide bonds. The third kappa shape index (κ3) is 8.22. The van der Waals surface area contributed by atoms with Crippen LogP contribution in [0.15, 0.2) is 103 Å². The molecule has 46 heavy (non-hydrogen) atoms. The first kappa shape index (κ1) is 32.5. The highest BCUT2D eigenvalue weighted by Crippen LogP contribution is 2.30. The molecule has 1 aromatic heterocycles. The maximum absolute atomic E-state index is 13.8. The zero-order valence-electron chi connectivity index (χ0n) is 26.5. The van der Waals surface area contributed by atoms with Crippen LogP contribution < -0.4 is 16.0 Å². The van der Waals surface area contributed by atoms with Gasteiger partial charge in [0.05, 0.1) is 18.7 Å². The minimum Gasteiger partial charge on any atom is -0.445 e. The van der Waals surface area contributed by atoms with Gasteiger partial charge in [0.25, 0.3) is 0 Å². The van der Waals surface area contributed by atoms with Crippen LogP contribution in [-0.4, -0.2) is 53.1 Å². The van der Waals surface area contributed by atoms with E-state index in [2.05, 4.69) is 27.5 Å². The maximum atomic E-state index is 13.8. The van der Waals surface area contributed by atoms with Crippen LogP contribution in [0.5, 0.6) is 0 Å². The van der Waals surface area contributed by atoms with E-state index in [0.717, 1.165) is 27.6 Å². The van der Waals surface area contributed by atoms with Gasteiger partial charge < -0.3 is 30.4 Å². The minimum absolute atomic E-state index is 0.0717. The SMILES string of the molecule is C=C(N[C@@H](Cc1ccccc1)C(=O)[C@@]1(C)CO1)[C@H](Cc1c[nH]c2ccccc12)NC(=O)C(NC(=O)OCc1ccccc1)C(C)C.